The van der Waals surface area contributed by atoms with Crippen LogP contribution in [0.2, 0.25) is 0 Å². The minimum absolute atomic E-state index is 0.0291. The molecule has 2 fully saturated rings. The summed E-state index contributed by atoms with van der Waals surface area (Å²) in [5.41, 5.74) is -1.03. The van der Waals surface area contributed by atoms with Crippen molar-refractivity contribution in [1.82, 2.24) is 4.90 Å². The monoisotopic (exact) mass is 387 g/mol. The number of ether oxygens (including phenoxy) is 2. The maximum absolute atomic E-state index is 13.6. The lowest BCUT2D eigenvalue weighted by molar-refractivity contribution is -0.176. The molecule has 152 valence electrons. The van der Waals surface area contributed by atoms with Crippen LogP contribution < -0.4 is 0 Å². The molecular formula is C22H29NO5. The Morgan fingerprint density at radius 2 is 1.82 bits per heavy atom. The second-order valence-corrected chi connectivity index (χ2v) is 8.77. The van der Waals surface area contributed by atoms with Crippen LogP contribution in [0.15, 0.2) is 30.3 Å². The van der Waals surface area contributed by atoms with Crippen molar-refractivity contribution in [3.05, 3.63) is 35.9 Å². The second kappa shape index (κ2) is 7.57. The lowest BCUT2D eigenvalue weighted by atomic mass is 9.72. The van der Waals surface area contributed by atoms with E-state index in [0.717, 1.165) is 12.0 Å². The largest absolute Gasteiger partial charge is 0.468 e. The number of benzene rings is 1. The number of hydrogen-bond donors (Lipinski definition) is 0. The van der Waals surface area contributed by atoms with Gasteiger partial charge in [0.2, 0.25) is 5.91 Å². The third kappa shape index (κ3) is 3.77. The number of fused-ring (bicyclic) bond motifs is 1. The molecule has 6 heteroatoms. The summed E-state index contributed by atoms with van der Waals surface area (Å²) >= 11 is 0. The summed E-state index contributed by atoms with van der Waals surface area (Å²) in [4.78, 5) is 40.8. The van der Waals surface area contributed by atoms with Gasteiger partial charge in [-0.05, 0) is 58.4 Å². The number of rotatable bonds is 4. The predicted octanol–water partition coefficient (Wildman–Crippen LogP) is 2.88. The molecule has 28 heavy (non-hydrogen) atoms. The van der Waals surface area contributed by atoms with E-state index in [2.05, 4.69) is 0 Å². The third-order valence-corrected chi connectivity index (χ3v) is 5.65. The quantitative estimate of drug-likeness (QED) is 0.587. The Morgan fingerprint density at radius 1 is 1.14 bits per heavy atom. The average Bonchev–Trinajstić information content (AvgIpc) is 3.08. The Labute approximate surface area is 166 Å². The summed E-state index contributed by atoms with van der Waals surface area (Å²) in [6.07, 6.45) is 2.68. The topological polar surface area (TPSA) is 72.9 Å². The summed E-state index contributed by atoms with van der Waals surface area (Å²) in [6, 6.07) is 8.80. The van der Waals surface area contributed by atoms with E-state index in [1.165, 1.54) is 7.11 Å². The molecule has 3 atom stereocenters. The van der Waals surface area contributed by atoms with Crippen molar-refractivity contribution in [2.75, 3.05) is 7.11 Å². The molecule has 2 aliphatic heterocycles. The van der Waals surface area contributed by atoms with Gasteiger partial charge in [0, 0.05) is 6.04 Å². The first kappa shape index (κ1) is 20.4. The van der Waals surface area contributed by atoms with Gasteiger partial charge in [0.05, 0.1) is 7.11 Å². The molecule has 0 N–H and O–H groups in total. The van der Waals surface area contributed by atoms with E-state index in [1.807, 2.05) is 51.1 Å². The number of piperidine rings is 1. The molecule has 0 unspecified atom stereocenters. The summed E-state index contributed by atoms with van der Waals surface area (Å²) in [7, 11) is 1.31. The SMILES string of the molecule is COC(=O)[C@@]1(Cc2ccccc2)CC[C@H]2CC[C@@H](C(=O)OC(C)(C)C)N2C1=O. The van der Waals surface area contributed by atoms with Gasteiger partial charge in [-0.25, -0.2) is 4.79 Å². The molecule has 1 aromatic carbocycles. The predicted molar refractivity (Wildman–Crippen MR) is 103 cm³/mol. The number of amides is 1. The van der Waals surface area contributed by atoms with E-state index in [1.54, 1.807) is 4.90 Å². The number of hydrogen-bond acceptors (Lipinski definition) is 5. The van der Waals surface area contributed by atoms with Crippen LogP contribution in [-0.2, 0) is 30.3 Å². The van der Waals surface area contributed by atoms with Gasteiger partial charge in [-0.3, -0.25) is 9.59 Å². The zero-order valence-corrected chi connectivity index (χ0v) is 17.1. The highest BCUT2D eigenvalue weighted by Gasteiger charge is 2.57. The van der Waals surface area contributed by atoms with Gasteiger partial charge in [0.1, 0.15) is 11.6 Å². The Hall–Kier alpha value is -2.37. The van der Waals surface area contributed by atoms with E-state index in [0.29, 0.717) is 19.3 Å². The van der Waals surface area contributed by atoms with Gasteiger partial charge in [-0.15, -0.1) is 0 Å². The average molecular weight is 387 g/mol. The summed E-state index contributed by atoms with van der Waals surface area (Å²) in [5.74, 6) is -1.24. The molecule has 0 radical (unpaired) electrons. The van der Waals surface area contributed by atoms with Crippen molar-refractivity contribution >= 4 is 17.8 Å². The van der Waals surface area contributed by atoms with E-state index in [9.17, 15) is 14.4 Å². The molecule has 2 saturated heterocycles. The standard InChI is InChI=1S/C22H29NO5/c1-21(2,3)28-18(24)17-11-10-16-12-13-22(20(26)27-4,19(25)23(16)17)14-15-8-6-5-7-9-15/h5-9,16-17H,10-14H2,1-4H3/t16-,17+,22-/m1/s1. The van der Waals surface area contributed by atoms with Crippen molar-refractivity contribution in [2.45, 2.75) is 70.6 Å². The summed E-state index contributed by atoms with van der Waals surface area (Å²) < 4.78 is 10.6. The smallest absolute Gasteiger partial charge is 0.329 e. The van der Waals surface area contributed by atoms with Crippen molar-refractivity contribution < 1.29 is 23.9 Å². The number of carbonyl (C=O) groups is 3. The molecule has 3 rings (SSSR count). The zero-order chi connectivity index (χ0) is 20.5. The molecule has 2 aliphatic rings. The Balaban J connectivity index is 1.92. The van der Waals surface area contributed by atoms with Gasteiger partial charge < -0.3 is 14.4 Å². The first-order chi connectivity index (χ1) is 13.2. The number of nitrogens with zero attached hydrogens (tertiary/aromatic N) is 1. The van der Waals surface area contributed by atoms with E-state index in [4.69, 9.17) is 9.47 Å². The number of esters is 2. The first-order valence-corrected chi connectivity index (χ1v) is 9.86. The van der Waals surface area contributed by atoms with Gasteiger partial charge in [-0.2, -0.15) is 0 Å². The molecule has 6 nitrogen and oxygen atoms in total. The van der Waals surface area contributed by atoms with Crippen LogP contribution in [0.3, 0.4) is 0 Å². The van der Waals surface area contributed by atoms with Crippen molar-refractivity contribution in [2.24, 2.45) is 5.41 Å². The van der Waals surface area contributed by atoms with Gasteiger partial charge in [0.15, 0.2) is 5.41 Å². The molecule has 2 heterocycles. The zero-order valence-electron chi connectivity index (χ0n) is 17.1. The molecule has 0 bridgehead atoms. The van der Waals surface area contributed by atoms with Crippen LogP contribution in [0.25, 0.3) is 0 Å². The minimum atomic E-state index is -1.29. The normalized spacial score (nSPS) is 27.3. The van der Waals surface area contributed by atoms with E-state index in [-0.39, 0.29) is 18.4 Å². The molecular weight excluding hydrogens is 358 g/mol. The molecule has 0 saturated carbocycles. The Morgan fingerprint density at radius 3 is 2.43 bits per heavy atom. The van der Waals surface area contributed by atoms with Gasteiger partial charge in [-0.1, -0.05) is 30.3 Å². The van der Waals surface area contributed by atoms with Crippen molar-refractivity contribution in [3.63, 3.8) is 0 Å². The Kier molecular flexibility index (Phi) is 5.50. The molecule has 1 aromatic rings. The maximum Gasteiger partial charge on any atom is 0.329 e. The van der Waals surface area contributed by atoms with Crippen LogP contribution in [0, 0.1) is 5.41 Å². The summed E-state index contributed by atoms with van der Waals surface area (Å²) in [5, 5.41) is 0. The first-order valence-electron chi connectivity index (χ1n) is 9.86. The van der Waals surface area contributed by atoms with E-state index < -0.39 is 29.0 Å². The van der Waals surface area contributed by atoms with Gasteiger partial charge in [0.25, 0.3) is 0 Å². The van der Waals surface area contributed by atoms with Crippen molar-refractivity contribution in [1.29, 1.82) is 0 Å². The number of methoxy groups -OCH3 is 1. The van der Waals surface area contributed by atoms with E-state index >= 15 is 0 Å². The van der Waals surface area contributed by atoms with Crippen LogP contribution in [0.5, 0.6) is 0 Å². The lowest BCUT2D eigenvalue weighted by Crippen LogP contribution is -2.59. The highest BCUT2D eigenvalue weighted by Crippen LogP contribution is 2.44. The van der Waals surface area contributed by atoms with Crippen LogP contribution in [-0.4, -0.2) is 47.5 Å². The van der Waals surface area contributed by atoms with Gasteiger partial charge >= 0.3 is 11.9 Å². The molecule has 0 spiro atoms. The number of carbonyl (C=O) groups excluding carboxylic acids is 3. The highest BCUT2D eigenvalue weighted by molar-refractivity contribution is 6.05. The summed E-state index contributed by atoms with van der Waals surface area (Å²) in [6.45, 7) is 5.43. The molecule has 0 aromatic heterocycles. The fourth-order valence-corrected chi connectivity index (χ4v) is 4.41. The van der Waals surface area contributed by atoms with Crippen LogP contribution in [0.1, 0.15) is 52.0 Å². The lowest BCUT2D eigenvalue weighted by Gasteiger charge is -2.43. The van der Waals surface area contributed by atoms with Crippen molar-refractivity contribution in [3.8, 4) is 0 Å². The third-order valence-electron chi connectivity index (χ3n) is 5.65. The fourth-order valence-electron chi connectivity index (χ4n) is 4.41. The highest BCUT2D eigenvalue weighted by atomic mass is 16.6. The minimum Gasteiger partial charge on any atom is -0.468 e. The van der Waals surface area contributed by atoms with Crippen LogP contribution in [0.4, 0.5) is 0 Å². The second-order valence-electron chi connectivity index (χ2n) is 8.77. The van der Waals surface area contributed by atoms with Crippen LogP contribution >= 0.6 is 0 Å². The fraction of sp³-hybridized carbons (Fsp3) is 0.591. The molecule has 0 aliphatic carbocycles. The molecule has 1 amide bonds. The Bertz CT molecular complexity index is 754. The maximum atomic E-state index is 13.6.